The molecule has 1 fully saturated rings. The third-order valence-corrected chi connectivity index (χ3v) is 3.65. The highest BCUT2D eigenvalue weighted by atomic mass is 19.4. The van der Waals surface area contributed by atoms with Gasteiger partial charge in [-0.2, -0.15) is 13.2 Å². The van der Waals surface area contributed by atoms with Crippen molar-refractivity contribution in [3.8, 4) is 0 Å². The summed E-state index contributed by atoms with van der Waals surface area (Å²) < 4.78 is 36.1. The predicted octanol–water partition coefficient (Wildman–Crippen LogP) is 3.18. The van der Waals surface area contributed by atoms with Crippen molar-refractivity contribution in [1.29, 1.82) is 0 Å². The van der Waals surface area contributed by atoms with Crippen molar-refractivity contribution in [1.82, 2.24) is 10.2 Å². The van der Waals surface area contributed by atoms with Crippen LogP contribution in [0.5, 0.6) is 0 Å². The highest BCUT2D eigenvalue weighted by Crippen LogP contribution is 2.22. The standard InChI is InChI=1S/C13H25F3N2/c1-3-18-9-6-12(7-10-18)17-11(2)5-4-8-13(14,15)16/h11-12,17H,3-10H2,1-2H3. The fourth-order valence-corrected chi connectivity index (χ4v) is 2.51. The molecule has 1 aliphatic heterocycles. The fourth-order valence-electron chi connectivity index (χ4n) is 2.51. The van der Waals surface area contributed by atoms with Gasteiger partial charge in [-0.1, -0.05) is 6.92 Å². The molecule has 2 nitrogen and oxygen atoms in total. The molecule has 18 heavy (non-hydrogen) atoms. The summed E-state index contributed by atoms with van der Waals surface area (Å²) in [5.41, 5.74) is 0. The molecule has 0 aromatic rings. The zero-order chi connectivity index (χ0) is 13.6. The second-order valence-electron chi connectivity index (χ2n) is 5.28. The van der Waals surface area contributed by atoms with Gasteiger partial charge in [-0.05, 0) is 52.2 Å². The molecule has 0 aromatic carbocycles. The third kappa shape index (κ3) is 6.59. The van der Waals surface area contributed by atoms with Crippen molar-refractivity contribution in [2.24, 2.45) is 0 Å². The van der Waals surface area contributed by atoms with E-state index >= 15 is 0 Å². The van der Waals surface area contributed by atoms with Gasteiger partial charge in [0.05, 0.1) is 0 Å². The summed E-state index contributed by atoms with van der Waals surface area (Å²) in [6, 6.07) is 0.666. The van der Waals surface area contributed by atoms with E-state index in [0.29, 0.717) is 12.5 Å². The van der Waals surface area contributed by atoms with E-state index in [-0.39, 0.29) is 12.5 Å². The molecule has 1 aliphatic rings. The van der Waals surface area contributed by atoms with E-state index in [4.69, 9.17) is 0 Å². The van der Waals surface area contributed by atoms with Crippen LogP contribution in [0.4, 0.5) is 13.2 Å². The lowest BCUT2D eigenvalue weighted by atomic mass is 10.0. The van der Waals surface area contributed by atoms with Gasteiger partial charge in [-0.3, -0.25) is 0 Å². The van der Waals surface area contributed by atoms with E-state index in [0.717, 1.165) is 32.5 Å². The van der Waals surface area contributed by atoms with Gasteiger partial charge in [-0.15, -0.1) is 0 Å². The topological polar surface area (TPSA) is 15.3 Å². The van der Waals surface area contributed by atoms with Gasteiger partial charge in [0.2, 0.25) is 0 Å². The number of hydrogen-bond acceptors (Lipinski definition) is 2. The minimum atomic E-state index is -4.01. The molecule has 1 heterocycles. The Bertz CT molecular complexity index is 223. The molecule has 0 aromatic heterocycles. The molecule has 0 spiro atoms. The predicted molar refractivity (Wildman–Crippen MR) is 67.6 cm³/mol. The van der Waals surface area contributed by atoms with Crippen molar-refractivity contribution in [2.45, 2.75) is 64.2 Å². The first-order chi connectivity index (χ1) is 8.40. The average molecular weight is 266 g/mol. The minimum absolute atomic E-state index is 0.186. The molecule has 1 rings (SSSR count). The van der Waals surface area contributed by atoms with Gasteiger partial charge < -0.3 is 10.2 Å². The molecule has 0 radical (unpaired) electrons. The van der Waals surface area contributed by atoms with Crippen LogP contribution in [0.2, 0.25) is 0 Å². The molecule has 1 saturated heterocycles. The van der Waals surface area contributed by atoms with Crippen LogP contribution >= 0.6 is 0 Å². The third-order valence-electron chi connectivity index (χ3n) is 3.65. The summed E-state index contributed by atoms with van der Waals surface area (Å²) in [6.07, 6.45) is -1.62. The normalized spacial score (nSPS) is 21.2. The van der Waals surface area contributed by atoms with Gasteiger partial charge in [0, 0.05) is 18.5 Å². The molecule has 5 heteroatoms. The molecular formula is C13H25F3N2. The highest BCUT2D eigenvalue weighted by Gasteiger charge is 2.26. The first kappa shape index (κ1) is 15.8. The SMILES string of the molecule is CCN1CCC(NC(C)CCCC(F)(F)F)CC1. The number of nitrogens with one attached hydrogen (secondary N) is 1. The number of halogens is 3. The van der Waals surface area contributed by atoms with E-state index in [1.54, 1.807) is 0 Å². The van der Waals surface area contributed by atoms with Gasteiger partial charge in [0.1, 0.15) is 0 Å². The second-order valence-corrected chi connectivity index (χ2v) is 5.28. The molecule has 108 valence electrons. The summed E-state index contributed by atoms with van der Waals surface area (Å²) in [6.45, 7) is 7.44. The van der Waals surface area contributed by atoms with E-state index in [1.807, 2.05) is 6.92 Å². The lowest BCUT2D eigenvalue weighted by Crippen LogP contribution is -2.45. The van der Waals surface area contributed by atoms with Crippen LogP contribution in [-0.2, 0) is 0 Å². The number of likely N-dealkylation sites (tertiary alicyclic amines) is 1. The van der Waals surface area contributed by atoms with E-state index < -0.39 is 12.6 Å². The number of alkyl halides is 3. The molecule has 0 bridgehead atoms. The fraction of sp³-hybridized carbons (Fsp3) is 1.00. The largest absolute Gasteiger partial charge is 0.389 e. The van der Waals surface area contributed by atoms with Gasteiger partial charge in [0.15, 0.2) is 0 Å². The number of hydrogen-bond donors (Lipinski definition) is 1. The smallest absolute Gasteiger partial charge is 0.311 e. The summed E-state index contributed by atoms with van der Waals surface area (Å²) in [5, 5.41) is 3.46. The molecule has 0 saturated carbocycles. The maximum absolute atomic E-state index is 12.0. The highest BCUT2D eigenvalue weighted by molar-refractivity contribution is 4.79. The van der Waals surface area contributed by atoms with E-state index in [1.165, 1.54) is 0 Å². The van der Waals surface area contributed by atoms with Crippen LogP contribution in [0.1, 0.15) is 46.0 Å². The zero-order valence-electron chi connectivity index (χ0n) is 11.4. The Kier molecular flexibility index (Phi) is 6.43. The van der Waals surface area contributed by atoms with Gasteiger partial charge in [-0.25, -0.2) is 0 Å². The Morgan fingerprint density at radius 2 is 1.89 bits per heavy atom. The maximum Gasteiger partial charge on any atom is 0.389 e. The van der Waals surface area contributed by atoms with Crippen LogP contribution in [-0.4, -0.2) is 42.8 Å². The molecule has 0 aliphatic carbocycles. The zero-order valence-corrected chi connectivity index (χ0v) is 11.4. The average Bonchev–Trinajstić information content (AvgIpc) is 2.28. The number of piperidine rings is 1. The number of rotatable bonds is 6. The Morgan fingerprint density at radius 3 is 2.39 bits per heavy atom. The minimum Gasteiger partial charge on any atom is -0.311 e. The van der Waals surface area contributed by atoms with Crippen molar-refractivity contribution >= 4 is 0 Å². The first-order valence-corrected chi connectivity index (χ1v) is 6.96. The van der Waals surface area contributed by atoms with Gasteiger partial charge in [0.25, 0.3) is 0 Å². The number of nitrogens with zero attached hydrogens (tertiary/aromatic N) is 1. The Hall–Kier alpha value is -0.290. The molecule has 0 amide bonds. The Balaban J connectivity index is 2.11. The Labute approximate surface area is 108 Å². The summed E-state index contributed by atoms with van der Waals surface area (Å²) in [4.78, 5) is 2.41. The van der Waals surface area contributed by atoms with Crippen LogP contribution in [0.25, 0.3) is 0 Å². The van der Waals surface area contributed by atoms with E-state index in [2.05, 4.69) is 17.1 Å². The quantitative estimate of drug-likeness (QED) is 0.794. The van der Waals surface area contributed by atoms with Crippen molar-refractivity contribution in [3.63, 3.8) is 0 Å². The maximum atomic E-state index is 12.0. The Morgan fingerprint density at radius 1 is 1.28 bits per heavy atom. The van der Waals surface area contributed by atoms with Crippen molar-refractivity contribution < 1.29 is 13.2 Å². The lowest BCUT2D eigenvalue weighted by molar-refractivity contribution is -0.135. The summed E-state index contributed by atoms with van der Waals surface area (Å²) >= 11 is 0. The lowest BCUT2D eigenvalue weighted by Gasteiger charge is -2.33. The van der Waals surface area contributed by atoms with Crippen LogP contribution in [0.15, 0.2) is 0 Å². The van der Waals surface area contributed by atoms with Crippen LogP contribution < -0.4 is 5.32 Å². The molecule has 1 unspecified atom stereocenters. The van der Waals surface area contributed by atoms with Crippen LogP contribution in [0, 0.1) is 0 Å². The molecular weight excluding hydrogens is 241 g/mol. The van der Waals surface area contributed by atoms with Crippen LogP contribution in [0.3, 0.4) is 0 Å². The van der Waals surface area contributed by atoms with Gasteiger partial charge >= 0.3 is 6.18 Å². The van der Waals surface area contributed by atoms with E-state index in [9.17, 15) is 13.2 Å². The first-order valence-electron chi connectivity index (χ1n) is 6.96. The summed E-state index contributed by atoms with van der Waals surface area (Å²) in [5.74, 6) is 0. The van der Waals surface area contributed by atoms with Crippen molar-refractivity contribution in [3.05, 3.63) is 0 Å². The second kappa shape index (κ2) is 7.34. The van der Waals surface area contributed by atoms with Crippen molar-refractivity contribution in [2.75, 3.05) is 19.6 Å². The monoisotopic (exact) mass is 266 g/mol. The molecule has 1 N–H and O–H groups in total. The summed E-state index contributed by atoms with van der Waals surface area (Å²) in [7, 11) is 0. The molecule has 1 atom stereocenters.